The summed E-state index contributed by atoms with van der Waals surface area (Å²) in [6.45, 7) is 0. The number of rotatable bonds is 2. The van der Waals surface area contributed by atoms with Gasteiger partial charge in [-0.1, -0.05) is 0 Å². The fourth-order valence-corrected chi connectivity index (χ4v) is 2.32. The first-order valence-corrected chi connectivity index (χ1v) is 4.84. The maximum atomic E-state index is 10.5. The second kappa shape index (κ2) is 2.78. The van der Waals surface area contributed by atoms with Crippen molar-refractivity contribution in [2.45, 2.75) is 18.4 Å². The molecular weight excluding hydrogens is 190 g/mol. The van der Waals surface area contributed by atoms with Gasteiger partial charge in [-0.25, -0.2) is 0 Å². The maximum Gasteiger partial charge on any atom is 0.306 e. The zero-order valence-electron chi connectivity index (χ0n) is 6.80. The number of carboxylic acids is 1. The first-order chi connectivity index (χ1) is 6.12. The van der Waals surface area contributed by atoms with Crippen LogP contribution in [-0.2, 0) is 10.4 Å². The standard InChI is InChI=1S/C8H9NO3S/c10-7(11)5-1-8(12,2-5)6-3-9-4-13-6/h3-5,12H,1-2H2,(H,10,11). The molecule has 1 aliphatic carbocycles. The SMILES string of the molecule is O=C(O)C1CC(O)(c2cncs2)C1. The molecule has 1 aliphatic rings. The second-order valence-corrected chi connectivity index (χ2v) is 4.23. The molecule has 0 spiro atoms. The van der Waals surface area contributed by atoms with Gasteiger partial charge in [0.05, 0.1) is 16.3 Å². The number of nitrogens with zero attached hydrogens (tertiary/aromatic N) is 1. The molecule has 2 rings (SSSR count). The molecule has 0 aliphatic heterocycles. The third kappa shape index (κ3) is 1.34. The highest BCUT2D eigenvalue weighted by Crippen LogP contribution is 2.46. The number of hydrogen-bond acceptors (Lipinski definition) is 4. The fourth-order valence-electron chi connectivity index (χ4n) is 1.58. The Hall–Kier alpha value is -0.940. The van der Waals surface area contributed by atoms with Gasteiger partial charge in [0.15, 0.2) is 0 Å². The summed E-state index contributed by atoms with van der Waals surface area (Å²) in [5, 5.41) is 18.5. The van der Waals surface area contributed by atoms with E-state index in [-0.39, 0.29) is 0 Å². The highest BCUT2D eigenvalue weighted by atomic mass is 32.1. The van der Waals surface area contributed by atoms with Crippen molar-refractivity contribution in [1.82, 2.24) is 4.98 Å². The smallest absolute Gasteiger partial charge is 0.306 e. The van der Waals surface area contributed by atoms with Gasteiger partial charge in [-0.2, -0.15) is 0 Å². The Bertz CT molecular complexity index is 316. The largest absolute Gasteiger partial charge is 0.481 e. The predicted molar refractivity (Wildman–Crippen MR) is 46.4 cm³/mol. The number of carboxylic acid groups (broad SMARTS) is 1. The van der Waals surface area contributed by atoms with Crippen molar-refractivity contribution in [2.24, 2.45) is 5.92 Å². The molecule has 2 N–H and O–H groups in total. The van der Waals surface area contributed by atoms with Crippen molar-refractivity contribution in [3.05, 3.63) is 16.6 Å². The zero-order valence-corrected chi connectivity index (χ0v) is 7.62. The molecule has 1 aromatic heterocycles. The van der Waals surface area contributed by atoms with Gasteiger partial charge in [-0.3, -0.25) is 9.78 Å². The minimum Gasteiger partial charge on any atom is -0.481 e. The molecule has 0 aromatic carbocycles. The Kier molecular flexibility index (Phi) is 1.85. The van der Waals surface area contributed by atoms with Crippen LogP contribution >= 0.6 is 11.3 Å². The summed E-state index contributed by atoms with van der Waals surface area (Å²) in [6, 6.07) is 0. The van der Waals surface area contributed by atoms with Crippen molar-refractivity contribution >= 4 is 17.3 Å². The fraction of sp³-hybridized carbons (Fsp3) is 0.500. The average Bonchev–Trinajstić information content (AvgIpc) is 2.49. The van der Waals surface area contributed by atoms with Gasteiger partial charge in [0, 0.05) is 6.20 Å². The summed E-state index contributed by atoms with van der Waals surface area (Å²) in [5.41, 5.74) is 0.714. The van der Waals surface area contributed by atoms with E-state index in [2.05, 4.69) is 4.98 Å². The Morgan fingerprint density at radius 2 is 2.38 bits per heavy atom. The highest BCUT2D eigenvalue weighted by molar-refractivity contribution is 7.09. The van der Waals surface area contributed by atoms with Crippen LogP contribution in [0.1, 0.15) is 17.7 Å². The number of aliphatic hydroxyl groups is 1. The summed E-state index contributed by atoms with van der Waals surface area (Å²) in [4.78, 5) is 15.1. The molecule has 0 bridgehead atoms. The summed E-state index contributed by atoms with van der Waals surface area (Å²) in [6.07, 6.45) is 2.22. The lowest BCUT2D eigenvalue weighted by atomic mass is 9.70. The predicted octanol–water partition coefficient (Wildman–Crippen LogP) is 0.825. The van der Waals surface area contributed by atoms with Gasteiger partial charge in [-0.15, -0.1) is 11.3 Å². The molecule has 5 heteroatoms. The van der Waals surface area contributed by atoms with Crippen LogP contribution in [0.4, 0.5) is 0 Å². The quantitative estimate of drug-likeness (QED) is 0.740. The first-order valence-electron chi connectivity index (χ1n) is 3.96. The van der Waals surface area contributed by atoms with Crippen LogP contribution in [0, 0.1) is 5.92 Å². The number of hydrogen-bond donors (Lipinski definition) is 2. The van der Waals surface area contributed by atoms with Crippen LogP contribution in [0.3, 0.4) is 0 Å². The summed E-state index contributed by atoms with van der Waals surface area (Å²) in [5.74, 6) is -1.22. The Balaban J connectivity index is 2.08. The van der Waals surface area contributed by atoms with Crippen LogP contribution in [0.5, 0.6) is 0 Å². The molecular formula is C8H9NO3S. The van der Waals surface area contributed by atoms with E-state index >= 15 is 0 Å². The van der Waals surface area contributed by atoms with E-state index in [1.807, 2.05) is 0 Å². The Morgan fingerprint density at radius 1 is 1.69 bits per heavy atom. The lowest BCUT2D eigenvalue weighted by Crippen LogP contribution is -2.43. The minimum absolute atomic E-state index is 0.310. The first kappa shape index (κ1) is 8.65. The van der Waals surface area contributed by atoms with E-state index in [0.29, 0.717) is 12.8 Å². The van der Waals surface area contributed by atoms with E-state index in [0.717, 1.165) is 4.88 Å². The highest BCUT2D eigenvalue weighted by Gasteiger charge is 2.48. The van der Waals surface area contributed by atoms with Crippen LogP contribution in [0.25, 0.3) is 0 Å². The van der Waals surface area contributed by atoms with Crippen LogP contribution in [-0.4, -0.2) is 21.2 Å². The average molecular weight is 199 g/mol. The molecule has 0 atom stereocenters. The van der Waals surface area contributed by atoms with Crippen LogP contribution < -0.4 is 0 Å². The molecule has 0 radical (unpaired) electrons. The molecule has 1 aromatic rings. The number of aromatic nitrogens is 1. The Labute approximate surface area is 78.9 Å². The normalized spacial score (nSPS) is 32.5. The minimum atomic E-state index is -0.926. The Morgan fingerprint density at radius 3 is 2.85 bits per heavy atom. The lowest BCUT2D eigenvalue weighted by Gasteiger charge is -2.40. The number of carbonyl (C=O) groups is 1. The van der Waals surface area contributed by atoms with E-state index in [1.54, 1.807) is 11.7 Å². The van der Waals surface area contributed by atoms with E-state index < -0.39 is 17.5 Å². The zero-order chi connectivity index (χ0) is 9.47. The third-order valence-corrected chi connectivity index (χ3v) is 3.37. The summed E-state index contributed by atoms with van der Waals surface area (Å²) < 4.78 is 0. The van der Waals surface area contributed by atoms with Crippen molar-refractivity contribution in [3.63, 3.8) is 0 Å². The third-order valence-electron chi connectivity index (χ3n) is 2.41. The van der Waals surface area contributed by atoms with Crippen LogP contribution in [0.2, 0.25) is 0 Å². The van der Waals surface area contributed by atoms with E-state index in [4.69, 9.17) is 5.11 Å². The number of thiazole rings is 1. The number of aliphatic carboxylic acids is 1. The molecule has 1 heterocycles. The molecule has 1 fully saturated rings. The van der Waals surface area contributed by atoms with Crippen LogP contribution in [0.15, 0.2) is 11.7 Å². The van der Waals surface area contributed by atoms with Gasteiger partial charge in [0.1, 0.15) is 5.60 Å². The lowest BCUT2D eigenvalue weighted by molar-refractivity contribution is -0.159. The van der Waals surface area contributed by atoms with Gasteiger partial charge < -0.3 is 10.2 Å². The molecule has 1 saturated carbocycles. The summed E-state index contributed by atoms with van der Waals surface area (Å²) in [7, 11) is 0. The molecule has 4 nitrogen and oxygen atoms in total. The van der Waals surface area contributed by atoms with E-state index in [9.17, 15) is 9.90 Å². The molecule has 0 unspecified atom stereocenters. The van der Waals surface area contributed by atoms with Crippen molar-refractivity contribution < 1.29 is 15.0 Å². The van der Waals surface area contributed by atoms with Crippen molar-refractivity contribution in [2.75, 3.05) is 0 Å². The topological polar surface area (TPSA) is 70.4 Å². The second-order valence-electron chi connectivity index (χ2n) is 3.34. The molecule has 13 heavy (non-hydrogen) atoms. The van der Waals surface area contributed by atoms with Crippen molar-refractivity contribution in [3.8, 4) is 0 Å². The van der Waals surface area contributed by atoms with E-state index in [1.165, 1.54) is 11.3 Å². The van der Waals surface area contributed by atoms with Crippen molar-refractivity contribution in [1.29, 1.82) is 0 Å². The van der Waals surface area contributed by atoms with Gasteiger partial charge in [0.25, 0.3) is 0 Å². The molecule has 0 saturated heterocycles. The molecule has 70 valence electrons. The summed E-state index contributed by atoms with van der Waals surface area (Å²) >= 11 is 1.37. The maximum absolute atomic E-state index is 10.5. The monoisotopic (exact) mass is 199 g/mol. The van der Waals surface area contributed by atoms with Gasteiger partial charge in [-0.05, 0) is 12.8 Å². The molecule has 0 amide bonds. The van der Waals surface area contributed by atoms with Gasteiger partial charge in [0.2, 0.25) is 0 Å². The van der Waals surface area contributed by atoms with Gasteiger partial charge >= 0.3 is 5.97 Å².